The van der Waals surface area contributed by atoms with Crippen LogP contribution in [0.4, 0.5) is 5.69 Å². The number of nitrogens with one attached hydrogen (secondary N) is 2. The molecule has 2 heterocycles. The van der Waals surface area contributed by atoms with Crippen molar-refractivity contribution in [3.8, 4) is 0 Å². The molecular weight excluding hydrogens is 332 g/mol. The van der Waals surface area contributed by atoms with Crippen LogP contribution in [0.5, 0.6) is 0 Å². The lowest BCUT2D eigenvalue weighted by atomic mass is 10.0. The first kappa shape index (κ1) is 17.5. The lowest BCUT2D eigenvalue weighted by molar-refractivity contribution is -0.218. The molecule has 132 valence electrons. The standard InChI is InChI=1S/C16H22N2O5S/c1-16(2)22-13-11(20)12(21-14(13)23-16)10(8-19)18-15(24)17-9-6-4-3-5-7-9/h3-7,10-14,19-20H,8H2,1-2H3,(H2,17,18,24)/t10-,11-,12+,13+,14+/m0/s1. The van der Waals surface area contributed by atoms with Gasteiger partial charge in [-0.1, -0.05) is 18.2 Å². The van der Waals surface area contributed by atoms with Crippen LogP contribution in [0, 0.1) is 0 Å². The summed E-state index contributed by atoms with van der Waals surface area (Å²) in [4.78, 5) is 0. The molecule has 0 bridgehead atoms. The monoisotopic (exact) mass is 354 g/mol. The predicted octanol–water partition coefficient (Wildman–Crippen LogP) is 0.571. The summed E-state index contributed by atoms with van der Waals surface area (Å²) in [6.07, 6.45) is -2.87. The summed E-state index contributed by atoms with van der Waals surface area (Å²) in [7, 11) is 0. The smallest absolute Gasteiger partial charge is 0.190 e. The zero-order valence-corrected chi connectivity index (χ0v) is 14.3. The molecule has 4 N–H and O–H groups in total. The number of anilines is 1. The van der Waals surface area contributed by atoms with E-state index in [-0.39, 0.29) is 6.61 Å². The quantitative estimate of drug-likeness (QED) is 0.584. The summed E-state index contributed by atoms with van der Waals surface area (Å²) in [6, 6.07) is 8.82. The average molecular weight is 354 g/mol. The molecule has 2 aliphatic rings. The molecule has 2 fully saturated rings. The number of rotatable bonds is 4. The Morgan fingerprint density at radius 1 is 1.29 bits per heavy atom. The first-order chi connectivity index (χ1) is 11.4. The third-order valence-electron chi connectivity index (χ3n) is 3.99. The van der Waals surface area contributed by atoms with Gasteiger partial charge < -0.3 is 35.1 Å². The van der Waals surface area contributed by atoms with E-state index in [4.69, 9.17) is 26.4 Å². The molecule has 0 aliphatic carbocycles. The molecule has 0 saturated carbocycles. The van der Waals surface area contributed by atoms with Crippen LogP contribution < -0.4 is 10.6 Å². The Balaban J connectivity index is 1.60. The Kier molecular flexibility index (Phi) is 5.05. The Morgan fingerprint density at radius 3 is 2.62 bits per heavy atom. The molecule has 0 radical (unpaired) electrons. The molecule has 24 heavy (non-hydrogen) atoms. The van der Waals surface area contributed by atoms with Crippen LogP contribution in [0.25, 0.3) is 0 Å². The molecule has 1 aromatic rings. The number of aliphatic hydroxyl groups excluding tert-OH is 2. The minimum absolute atomic E-state index is 0.263. The fourth-order valence-electron chi connectivity index (χ4n) is 2.94. The Bertz CT molecular complexity index is 585. The summed E-state index contributed by atoms with van der Waals surface area (Å²) < 4.78 is 17.0. The van der Waals surface area contributed by atoms with E-state index in [1.165, 1.54) is 0 Å². The number of thiocarbonyl (C=S) groups is 1. The topological polar surface area (TPSA) is 92.2 Å². The van der Waals surface area contributed by atoms with Crippen molar-refractivity contribution in [1.82, 2.24) is 5.32 Å². The number of hydrogen-bond acceptors (Lipinski definition) is 6. The highest BCUT2D eigenvalue weighted by molar-refractivity contribution is 7.80. The third kappa shape index (κ3) is 3.69. The van der Waals surface area contributed by atoms with Gasteiger partial charge in [0.2, 0.25) is 0 Å². The molecule has 2 aliphatic heterocycles. The van der Waals surface area contributed by atoms with Crippen molar-refractivity contribution in [2.75, 3.05) is 11.9 Å². The first-order valence-corrected chi connectivity index (χ1v) is 8.23. The first-order valence-electron chi connectivity index (χ1n) is 7.82. The lowest BCUT2D eigenvalue weighted by Crippen LogP contribution is -2.52. The second-order valence-corrected chi connectivity index (χ2v) is 6.72. The van der Waals surface area contributed by atoms with Crippen LogP contribution in [-0.4, -0.2) is 58.4 Å². The van der Waals surface area contributed by atoms with Gasteiger partial charge in [-0.15, -0.1) is 0 Å². The van der Waals surface area contributed by atoms with Crippen LogP contribution in [-0.2, 0) is 14.2 Å². The van der Waals surface area contributed by atoms with E-state index < -0.39 is 36.4 Å². The van der Waals surface area contributed by atoms with E-state index in [1.54, 1.807) is 13.8 Å². The van der Waals surface area contributed by atoms with Gasteiger partial charge in [0.05, 0.1) is 12.6 Å². The highest BCUT2D eigenvalue weighted by Crippen LogP contribution is 2.38. The van der Waals surface area contributed by atoms with Crippen molar-refractivity contribution < 1.29 is 24.4 Å². The maximum atomic E-state index is 10.5. The molecule has 0 spiro atoms. The maximum absolute atomic E-state index is 10.5. The molecule has 0 unspecified atom stereocenters. The molecule has 7 nitrogen and oxygen atoms in total. The van der Waals surface area contributed by atoms with Crippen molar-refractivity contribution >= 4 is 23.0 Å². The van der Waals surface area contributed by atoms with Crippen LogP contribution in [0.2, 0.25) is 0 Å². The minimum Gasteiger partial charge on any atom is -0.394 e. The van der Waals surface area contributed by atoms with E-state index in [1.807, 2.05) is 30.3 Å². The van der Waals surface area contributed by atoms with Gasteiger partial charge >= 0.3 is 0 Å². The number of fused-ring (bicyclic) bond motifs is 1. The SMILES string of the molecule is CC1(C)O[C@H]2O[C@H]([C@H](CO)NC(=S)Nc3ccccc3)[C@H](O)[C@H]2O1. The van der Waals surface area contributed by atoms with Crippen LogP contribution in [0.1, 0.15) is 13.8 Å². The van der Waals surface area contributed by atoms with Gasteiger partial charge in [-0.05, 0) is 38.2 Å². The van der Waals surface area contributed by atoms with Gasteiger partial charge in [0.25, 0.3) is 0 Å². The van der Waals surface area contributed by atoms with E-state index in [0.717, 1.165) is 5.69 Å². The van der Waals surface area contributed by atoms with Gasteiger partial charge in [-0.2, -0.15) is 0 Å². The minimum atomic E-state index is -0.930. The van der Waals surface area contributed by atoms with Crippen LogP contribution >= 0.6 is 12.2 Å². The molecule has 0 amide bonds. The van der Waals surface area contributed by atoms with Gasteiger partial charge in [-0.25, -0.2) is 0 Å². The largest absolute Gasteiger partial charge is 0.394 e. The second kappa shape index (κ2) is 6.91. The van der Waals surface area contributed by atoms with Crippen molar-refractivity contribution in [3.63, 3.8) is 0 Å². The predicted molar refractivity (Wildman–Crippen MR) is 91.4 cm³/mol. The van der Waals surface area contributed by atoms with Gasteiger partial charge in [-0.3, -0.25) is 0 Å². The zero-order chi connectivity index (χ0) is 17.3. The summed E-state index contributed by atoms with van der Waals surface area (Å²) in [5.74, 6) is -0.798. The number of hydrogen-bond donors (Lipinski definition) is 4. The number of benzene rings is 1. The molecule has 2 saturated heterocycles. The highest BCUT2D eigenvalue weighted by Gasteiger charge is 2.56. The fraction of sp³-hybridized carbons (Fsp3) is 0.562. The molecule has 5 atom stereocenters. The van der Waals surface area contributed by atoms with E-state index in [9.17, 15) is 10.2 Å². The van der Waals surface area contributed by atoms with Gasteiger partial charge in [0.1, 0.15) is 18.3 Å². The van der Waals surface area contributed by atoms with Crippen molar-refractivity contribution in [2.24, 2.45) is 0 Å². The molecule has 8 heteroatoms. The third-order valence-corrected chi connectivity index (χ3v) is 4.21. The lowest BCUT2D eigenvalue weighted by Gasteiger charge is -2.29. The van der Waals surface area contributed by atoms with Gasteiger partial charge in [0.15, 0.2) is 17.2 Å². The van der Waals surface area contributed by atoms with Crippen molar-refractivity contribution in [2.45, 2.75) is 50.3 Å². The Labute approximate surface area is 145 Å². The fourth-order valence-corrected chi connectivity index (χ4v) is 3.21. The summed E-state index contributed by atoms with van der Waals surface area (Å²) in [6.45, 7) is 3.26. The molecule has 1 aromatic carbocycles. The van der Waals surface area contributed by atoms with Crippen LogP contribution in [0.3, 0.4) is 0 Å². The summed E-state index contributed by atoms with van der Waals surface area (Å²) in [5.41, 5.74) is 0.824. The maximum Gasteiger partial charge on any atom is 0.190 e. The normalized spacial score (nSPS) is 32.2. The summed E-state index contributed by atoms with van der Waals surface area (Å²) in [5, 5.41) is 26.4. The Morgan fingerprint density at radius 2 is 2.00 bits per heavy atom. The van der Waals surface area contributed by atoms with Crippen molar-refractivity contribution in [1.29, 1.82) is 0 Å². The zero-order valence-electron chi connectivity index (χ0n) is 13.5. The molecule has 3 rings (SSSR count). The average Bonchev–Trinajstić information content (AvgIpc) is 2.99. The summed E-state index contributed by atoms with van der Waals surface area (Å²) >= 11 is 5.26. The van der Waals surface area contributed by atoms with E-state index in [0.29, 0.717) is 5.11 Å². The van der Waals surface area contributed by atoms with E-state index >= 15 is 0 Å². The number of aliphatic hydroxyl groups is 2. The highest BCUT2D eigenvalue weighted by atomic mass is 32.1. The molecular formula is C16H22N2O5S. The van der Waals surface area contributed by atoms with Crippen molar-refractivity contribution in [3.05, 3.63) is 30.3 Å². The Hall–Kier alpha value is -1.29. The van der Waals surface area contributed by atoms with Crippen LogP contribution in [0.15, 0.2) is 30.3 Å². The van der Waals surface area contributed by atoms with Gasteiger partial charge in [0, 0.05) is 5.69 Å². The second-order valence-electron chi connectivity index (χ2n) is 6.31. The molecule has 0 aromatic heterocycles. The number of para-hydroxylation sites is 1. The number of ether oxygens (including phenoxy) is 3. The van der Waals surface area contributed by atoms with E-state index in [2.05, 4.69) is 10.6 Å².